The minimum atomic E-state index is -0.673. The number of anilines is 1. The third-order valence-corrected chi connectivity index (χ3v) is 4.92. The van der Waals surface area contributed by atoms with Crippen LogP contribution in [0.4, 0.5) is 10.5 Å². The average Bonchev–Trinajstić information content (AvgIpc) is 2.80. The Kier molecular flexibility index (Phi) is 6.10. The van der Waals surface area contributed by atoms with E-state index in [2.05, 4.69) is 24.9 Å². The molecule has 2 amide bonds. The van der Waals surface area contributed by atoms with Crippen molar-refractivity contribution < 1.29 is 14.3 Å². The van der Waals surface area contributed by atoms with Crippen LogP contribution in [0.25, 0.3) is 11.1 Å². The van der Waals surface area contributed by atoms with E-state index in [9.17, 15) is 4.79 Å². The van der Waals surface area contributed by atoms with Crippen molar-refractivity contribution in [1.29, 1.82) is 0 Å². The molecular weight excluding hydrogens is 408 g/mol. The Morgan fingerprint density at radius 1 is 0.645 bits per heavy atom. The number of nitrogens with two attached hydrogens (primary N) is 1. The lowest BCUT2D eigenvalue weighted by molar-refractivity contribution is 0.257. The summed E-state index contributed by atoms with van der Waals surface area (Å²) in [7, 11) is 0. The first kappa shape index (κ1) is 20.4. The molecule has 5 nitrogen and oxygen atoms in total. The van der Waals surface area contributed by atoms with Crippen LogP contribution in [0.5, 0.6) is 23.0 Å². The highest BCUT2D eigenvalue weighted by atomic mass is 32.1. The second kappa shape index (κ2) is 9.28. The summed E-state index contributed by atoms with van der Waals surface area (Å²) >= 11 is 4.08. The number of carbonyl (C=O) groups is 1. The van der Waals surface area contributed by atoms with Gasteiger partial charge in [-0.1, -0.05) is 67.4 Å². The topological polar surface area (TPSA) is 64.8 Å². The number of hydrogen-bond acceptors (Lipinski definition) is 4. The summed E-state index contributed by atoms with van der Waals surface area (Å²) in [6, 6.07) is 31.6. The maximum atomic E-state index is 11.3. The summed E-state index contributed by atoms with van der Waals surface area (Å²) in [5, 5.41) is 0. The summed E-state index contributed by atoms with van der Waals surface area (Å²) in [6.45, 7) is 0. The minimum Gasteiger partial charge on any atom is -0.457 e. The zero-order valence-electron chi connectivity index (χ0n) is 16.5. The van der Waals surface area contributed by atoms with E-state index in [1.807, 2.05) is 60.7 Å². The highest BCUT2D eigenvalue weighted by Gasteiger charge is 2.09. The molecule has 31 heavy (non-hydrogen) atoms. The fraction of sp³-hybridized carbons (Fsp3) is 0. The minimum absolute atomic E-state index is 0.512. The van der Waals surface area contributed by atoms with Crippen molar-refractivity contribution in [3.63, 3.8) is 0 Å². The number of benzene rings is 4. The van der Waals surface area contributed by atoms with Gasteiger partial charge in [0, 0.05) is 12.1 Å². The lowest BCUT2D eigenvalue weighted by atomic mass is 10.1. The first-order chi connectivity index (χ1) is 15.1. The van der Waals surface area contributed by atoms with E-state index in [-0.39, 0.29) is 0 Å². The van der Waals surface area contributed by atoms with E-state index >= 15 is 0 Å². The molecule has 0 heterocycles. The van der Waals surface area contributed by atoms with Crippen molar-refractivity contribution in [3.8, 4) is 34.1 Å². The summed E-state index contributed by atoms with van der Waals surface area (Å²) in [4.78, 5) is 11.3. The highest BCUT2D eigenvalue weighted by Crippen LogP contribution is 2.32. The second-order valence-electron chi connectivity index (χ2n) is 6.72. The number of nitrogens with zero attached hydrogens (tertiary/aromatic N) is 1. The predicted octanol–water partition coefficient (Wildman–Crippen LogP) is 6.67. The monoisotopic (exact) mass is 428 g/mol. The molecule has 0 saturated carbocycles. The molecule has 154 valence electrons. The van der Waals surface area contributed by atoms with E-state index in [0.29, 0.717) is 22.9 Å². The van der Waals surface area contributed by atoms with Crippen molar-refractivity contribution in [2.75, 3.05) is 4.31 Å². The number of amides is 2. The molecule has 0 radical (unpaired) electrons. The number of carbonyl (C=O) groups excluding carboxylic acids is 1. The van der Waals surface area contributed by atoms with Gasteiger partial charge in [0.05, 0.1) is 5.69 Å². The van der Waals surface area contributed by atoms with Gasteiger partial charge in [-0.05, 0) is 47.5 Å². The van der Waals surface area contributed by atoms with E-state index in [1.54, 1.807) is 30.3 Å². The molecule has 4 aromatic rings. The first-order valence-electron chi connectivity index (χ1n) is 9.58. The third-order valence-electron chi connectivity index (χ3n) is 4.49. The van der Waals surface area contributed by atoms with E-state index < -0.39 is 6.03 Å². The van der Waals surface area contributed by atoms with Crippen LogP contribution in [0.15, 0.2) is 103 Å². The fourth-order valence-electron chi connectivity index (χ4n) is 3.05. The molecule has 0 fully saturated rings. The second-order valence-corrected chi connectivity index (χ2v) is 7.12. The Bertz CT molecular complexity index is 1200. The molecule has 4 aromatic carbocycles. The molecule has 0 bridgehead atoms. The van der Waals surface area contributed by atoms with E-state index in [4.69, 9.17) is 15.2 Å². The van der Waals surface area contributed by atoms with E-state index in [0.717, 1.165) is 21.2 Å². The van der Waals surface area contributed by atoms with Gasteiger partial charge in [-0.15, -0.1) is 0 Å². The summed E-state index contributed by atoms with van der Waals surface area (Å²) in [5.74, 6) is 2.51. The summed E-state index contributed by atoms with van der Waals surface area (Å²) in [6.07, 6.45) is 0. The highest BCUT2D eigenvalue weighted by molar-refractivity contribution is 7.82. The molecule has 6 heteroatoms. The number of rotatable bonds is 6. The molecular formula is C25H20N2O3S. The van der Waals surface area contributed by atoms with Gasteiger partial charge in [-0.25, -0.2) is 9.10 Å². The van der Waals surface area contributed by atoms with Crippen molar-refractivity contribution >= 4 is 24.5 Å². The number of hydrogen-bond donors (Lipinski definition) is 2. The van der Waals surface area contributed by atoms with Crippen LogP contribution in [-0.2, 0) is 0 Å². The lowest BCUT2D eigenvalue weighted by Crippen LogP contribution is -2.27. The van der Waals surface area contributed by atoms with Crippen molar-refractivity contribution in [2.45, 2.75) is 0 Å². The summed E-state index contributed by atoms with van der Waals surface area (Å²) < 4.78 is 13.0. The molecule has 2 N–H and O–H groups in total. The standard InChI is InChI=1S/C25H20N2O3S/c26-25(28)27(31)20-10-5-12-22(16-20)30-24-14-6-13-23(17-24)29-21-11-4-9-19(15-21)18-7-2-1-3-8-18/h1-17,31H,(H2,26,28). The fourth-order valence-corrected chi connectivity index (χ4v) is 3.17. The van der Waals surface area contributed by atoms with Crippen LogP contribution in [0.3, 0.4) is 0 Å². The van der Waals surface area contributed by atoms with Crippen LogP contribution >= 0.6 is 12.8 Å². The Hall–Kier alpha value is -3.90. The SMILES string of the molecule is NC(=O)N(S)c1cccc(Oc2cccc(Oc3cccc(-c4ccccc4)c3)c2)c1. The molecule has 0 aliphatic rings. The third kappa shape index (κ3) is 5.18. The molecule has 0 aliphatic heterocycles. The molecule has 0 saturated heterocycles. The lowest BCUT2D eigenvalue weighted by Gasteiger charge is -2.14. The molecule has 0 spiro atoms. The average molecular weight is 429 g/mol. The van der Waals surface area contributed by atoms with Gasteiger partial charge in [0.25, 0.3) is 0 Å². The van der Waals surface area contributed by atoms with E-state index in [1.165, 1.54) is 0 Å². The van der Waals surface area contributed by atoms with Gasteiger partial charge in [-0.2, -0.15) is 0 Å². The van der Waals surface area contributed by atoms with Gasteiger partial charge >= 0.3 is 6.03 Å². The zero-order valence-corrected chi connectivity index (χ0v) is 17.4. The van der Waals surface area contributed by atoms with Crippen LogP contribution in [-0.4, -0.2) is 6.03 Å². The van der Waals surface area contributed by atoms with Crippen LogP contribution < -0.4 is 19.5 Å². The van der Waals surface area contributed by atoms with Gasteiger partial charge in [0.15, 0.2) is 0 Å². The quantitative estimate of drug-likeness (QED) is 0.337. The Morgan fingerprint density at radius 3 is 1.81 bits per heavy atom. The van der Waals surface area contributed by atoms with Gasteiger partial charge in [0.1, 0.15) is 23.0 Å². The maximum absolute atomic E-state index is 11.3. The largest absolute Gasteiger partial charge is 0.457 e. The summed E-state index contributed by atoms with van der Waals surface area (Å²) in [5.41, 5.74) is 7.98. The normalized spacial score (nSPS) is 10.4. The number of primary amides is 1. The van der Waals surface area contributed by atoms with Gasteiger partial charge in [-0.3, -0.25) is 0 Å². The van der Waals surface area contributed by atoms with Crippen molar-refractivity contribution in [2.24, 2.45) is 5.73 Å². The Balaban J connectivity index is 1.51. The molecule has 0 unspecified atom stereocenters. The molecule has 0 atom stereocenters. The smallest absolute Gasteiger partial charge is 0.329 e. The molecule has 4 rings (SSSR count). The van der Waals surface area contributed by atoms with Crippen molar-refractivity contribution in [1.82, 2.24) is 0 Å². The molecule has 0 aromatic heterocycles. The van der Waals surface area contributed by atoms with Crippen LogP contribution in [0, 0.1) is 0 Å². The number of thiol groups is 1. The van der Waals surface area contributed by atoms with Crippen LogP contribution in [0.1, 0.15) is 0 Å². The first-order valence-corrected chi connectivity index (χ1v) is 9.98. The number of urea groups is 1. The Labute approximate surface area is 186 Å². The predicted molar refractivity (Wildman–Crippen MR) is 126 cm³/mol. The van der Waals surface area contributed by atoms with Crippen LogP contribution in [0.2, 0.25) is 0 Å². The van der Waals surface area contributed by atoms with Crippen molar-refractivity contribution in [3.05, 3.63) is 103 Å². The zero-order chi connectivity index (χ0) is 21.6. The maximum Gasteiger partial charge on any atom is 0.329 e. The van der Waals surface area contributed by atoms with Gasteiger partial charge < -0.3 is 15.2 Å². The Morgan fingerprint density at radius 2 is 1.16 bits per heavy atom. The molecule has 0 aliphatic carbocycles. The number of ether oxygens (including phenoxy) is 2. The van der Waals surface area contributed by atoms with Gasteiger partial charge in [0.2, 0.25) is 0 Å².